The molecule has 3 heterocycles. The maximum absolute atomic E-state index is 13.2. The minimum Gasteiger partial charge on any atom is -0.346 e. The van der Waals surface area contributed by atoms with Gasteiger partial charge < -0.3 is 9.64 Å². The van der Waals surface area contributed by atoms with Crippen LogP contribution in [-0.2, 0) is 26.2 Å². The van der Waals surface area contributed by atoms with Gasteiger partial charge in [0.2, 0.25) is 0 Å². The minimum atomic E-state index is -3.55. The number of halogens is 1. The van der Waals surface area contributed by atoms with Crippen LogP contribution in [0.25, 0.3) is 10.1 Å². The zero-order valence-corrected chi connectivity index (χ0v) is 19.0. The molecule has 5 rings (SSSR count). The molecule has 0 saturated carbocycles. The summed E-state index contributed by atoms with van der Waals surface area (Å²) in [4.78, 5) is 13.7. The molecule has 0 aliphatic carbocycles. The third-order valence-electron chi connectivity index (χ3n) is 5.98. The van der Waals surface area contributed by atoms with Gasteiger partial charge in [-0.05, 0) is 42.5 Å². The van der Waals surface area contributed by atoms with Crippen LogP contribution in [0.3, 0.4) is 0 Å². The number of carbonyl (C=O) groups excluding carboxylic acids is 1. The third kappa shape index (κ3) is 3.66. The van der Waals surface area contributed by atoms with Gasteiger partial charge in [0.15, 0.2) is 12.5 Å². The average molecular weight is 477 g/mol. The summed E-state index contributed by atoms with van der Waals surface area (Å²) in [7, 11) is -3.55. The Morgan fingerprint density at radius 1 is 1.10 bits per heavy atom. The predicted molar refractivity (Wildman–Crippen MR) is 122 cm³/mol. The van der Waals surface area contributed by atoms with Crippen molar-refractivity contribution in [3.05, 3.63) is 59.1 Å². The molecule has 0 bridgehead atoms. The summed E-state index contributed by atoms with van der Waals surface area (Å²) in [5, 5.41) is 1.55. The molecule has 0 spiro atoms. The number of anilines is 1. The lowest BCUT2D eigenvalue weighted by Gasteiger charge is -2.44. The molecule has 2 aliphatic rings. The van der Waals surface area contributed by atoms with Crippen LogP contribution in [0.2, 0.25) is 5.02 Å². The first-order chi connectivity index (χ1) is 15.0. The maximum atomic E-state index is 13.2. The van der Waals surface area contributed by atoms with E-state index >= 15 is 0 Å². The van der Waals surface area contributed by atoms with Gasteiger partial charge in [-0.25, -0.2) is 8.42 Å². The van der Waals surface area contributed by atoms with Crippen LogP contribution in [-0.4, -0.2) is 44.4 Å². The van der Waals surface area contributed by atoms with Gasteiger partial charge in [-0.15, -0.1) is 11.3 Å². The van der Waals surface area contributed by atoms with E-state index in [1.54, 1.807) is 10.4 Å². The van der Waals surface area contributed by atoms with E-state index in [0.717, 1.165) is 27.6 Å². The largest absolute Gasteiger partial charge is 0.346 e. The normalized spacial score (nSPS) is 20.7. The standard InChI is InChI=1S/C22H21ClN2O4S2/c23-18-5-3-6-19-17(18)14-29-21(13-26)25(19)16-8-10-24(11-9-16)31(27,28)22-12-15-4-1-2-7-20(15)30-22/h1-7,12-13,16,21H,8-11,14H2. The predicted octanol–water partition coefficient (Wildman–Crippen LogP) is 4.27. The molecule has 6 nitrogen and oxygen atoms in total. The SMILES string of the molecule is O=CC1OCc2c(Cl)cccc2N1C1CCN(S(=O)(=O)c2cc3ccccc3s2)CC1. The van der Waals surface area contributed by atoms with Crippen molar-refractivity contribution < 1.29 is 17.9 Å². The number of benzene rings is 2. The van der Waals surface area contributed by atoms with Crippen molar-refractivity contribution in [2.75, 3.05) is 18.0 Å². The van der Waals surface area contributed by atoms with Crippen LogP contribution in [0.15, 0.2) is 52.7 Å². The molecule has 9 heteroatoms. The second kappa shape index (κ2) is 8.18. The molecule has 0 amide bonds. The van der Waals surface area contributed by atoms with Gasteiger partial charge in [-0.2, -0.15) is 4.31 Å². The Bertz CT molecular complexity index is 1200. The van der Waals surface area contributed by atoms with Crippen LogP contribution in [0.5, 0.6) is 0 Å². The number of thiophene rings is 1. The van der Waals surface area contributed by atoms with Crippen molar-refractivity contribution in [1.82, 2.24) is 4.31 Å². The molecule has 162 valence electrons. The highest BCUT2D eigenvalue weighted by Crippen LogP contribution is 2.38. The Morgan fingerprint density at radius 2 is 1.87 bits per heavy atom. The highest BCUT2D eigenvalue weighted by Gasteiger charge is 2.37. The smallest absolute Gasteiger partial charge is 0.252 e. The van der Waals surface area contributed by atoms with E-state index in [-0.39, 0.29) is 12.6 Å². The van der Waals surface area contributed by atoms with Crippen molar-refractivity contribution in [2.24, 2.45) is 0 Å². The first kappa shape index (κ1) is 20.9. The van der Waals surface area contributed by atoms with Crippen molar-refractivity contribution in [2.45, 2.75) is 35.9 Å². The summed E-state index contributed by atoms with van der Waals surface area (Å²) in [6, 6.07) is 15.0. The fraction of sp³-hybridized carbons (Fsp3) is 0.318. The van der Waals surface area contributed by atoms with Gasteiger partial charge in [0.05, 0.1) is 6.61 Å². The summed E-state index contributed by atoms with van der Waals surface area (Å²) in [6.45, 7) is 1.06. The van der Waals surface area contributed by atoms with E-state index in [0.29, 0.717) is 35.2 Å². The van der Waals surface area contributed by atoms with E-state index < -0.39 is 16.3 Å². The van der Waals surface area contributed by atoms with Crippen LogP contribution in [0, 0.1) is 0 Å². The number of nitrogens with zero attached hydrogens (tertiary/aromatic N) is 2. The lowest BCUT2D eigenvalue weighted by atomic mass is 10.0. The number of aldehydes is 1. The number of hydrogen-bond donors (Lipinski definition) is 0. The molecule has 3 aromatic rings. The Hall–Kier alpha value is -1.97. The Labute approximate surface area is 190 Å². The molecular weight excluding hydrogens is 456 g/mol. The van der Waals surface area contributed by atoms with Gasteiger partial charge in [0, 0.05) is 40.1 Å². The third-order valence-corrected chi connectivity index (χ3v) is 9.79. The van der Waals surface area contributed by atoms with Gasteiger partial charge in [0.1, 0.15) is 4.21 Å². The van der Waals surface area contributed by atoms with Gasteiger partial charge in [-0.1, -0.05) is 35.9 Å². The fourth-order valence-electron chi connectivity index (χ4n) is 4.40. The first-order valence-corrected chi connectivity index (χ1v) is 12.7. The van der Waals surface area contributed by atoms with E-state index in [2.05, 4.69) is 0 Å². The summed E-state index contributed by atoms with van der Waals surface area (Å²) < 4.78 is 35.1. The van der Waals surface area contributed by atoms with Crippen LogP contribution >= 0.6 is 22.9 Å². The highest BCUT2D eigenvalue weighted by molar-refractivity contribution is 7.91. The molecule has 0 N–H and O–H groups in total. The van der Waals surface area contributed by atoms with Crippen LogP contribution < -0.4 is 4.90 Å². The summed E-state index contributed by atoms with van der Waals surface area (Å²) in [6.07, 6.45) is 1.30. The molecule has 1 fully saturated rings. The molecule has 31 heavy (non-hydrogen) atoms. The quantitative estimate of drug-likeness (QED) is 0.526. The van der Waals surface area contributed by atoms with Crippen LogP contribution in [0.4, 0.5) is 5.69 Å². The first-order valence-electron chi connectivity index (χ1n) is 10.1. The van der Waals surface area contributed by atoms with E-state index in [1.165, 1.54) is 11.3 Å². The van der Waals surface area contributed by atoms with Crippen molar-refractivity contribution >= 4 is 55.0 Å². The van der Waals surface area contributed by atoms with Gasteiger partial charge in [0.25, 0.3) is 10.0 Å². The number of rotatable bonds is 4. The van der Waals surface area contributed by atoms with Gasteiger partial charge in [-0.3, -0.25) is 4.79 Å². The van der Waals surface area contributed by atoms with E-state index in [4.69, 9.17) is 16.3 Å². The number of sulfonamides is 1. The molecule has 1 unspecified atom stereocenters. The second-order valence-electron chi connectivity index (χ2n) is 7.72. The number of hydrogen-bond acceptors (Lipinski definition) is 6. The zero-order valence-electron chi connectivity index (χ0n) is 16.6. The molecule has 2 aliphatic heterocycles. The van der Waals surface area contributed by atoms with Gasteiger partial charge >= 0.3 is 0 Å². The second-order valence-corrected chi connectivity index (χ2v) is 11.4. The average Bonchev–Trinajstić information content (AvgIpc) is 3.24. The summed E-state index contributed by atoms with van der Waals surface area (Å²) in [5.74, 6) is 0. The molecular formula is C22H21ClN2O4S2. The molecule has 0 radical (unpaired) electrons. The van der Waals surface area contributed by atoms with Crippen LogP contribution in [0.1, 0.15) is 18.4 Å². The molecule has 1 aromatic heterocycles. The molecule has 1 atom stereocenters. The van der Waals surface area contributed by atoms with E-state index in [1.807, 2.05) is 47.4 Å². The zero-order chi connectivity index (χ0) is 21.6. The Kier molecular flexibility index (Phi) is 5.52. The van der Waals surface area contributed by atoms with Crippen molar-refractivity contribution in [3.63, 3.8) is 0 Å². The lowest BCUT2D eigenvalue weighted by Crippen LogP contribution is -2.53. The lowest BCUT2D eigenvalue weighted by molar-refractivity contribution is -0.120. The van der Waals surface area contributed by atoms with E-state index in [9.17, 15) is 13.2 Å². The number of fused-ring (bicyclic) bond motifs is 2. The number of carbonyl (C=O) groups is 1. The summed E-state index contributed by atoms with van der Waals surface area (Å²) >= 11 is 7.64. The molecule has 2 aromatic carbocycles. The van der Waals surface area contributed by atoms with Crippen molar-refractivity contribution in [1.29, 1.82) is 0 Å². The number of ether oxygens (including phenoxy) is 1. The fourth-order valence-corrected chi connectivity index (χ4v) is 7.65. The maximum Gasteiger partial charge on any atom is 0.252 e. The van der Waals surface area contributed by atoms with Crippen molar-refractivity contribution in [3.8, 4) is 0 Å². The minimum absolute atomic E-state index is 0.0124. The summed E-state index contributed by atoms with van der Waals surface area (Å²) in [5.41, 5.74) is 1.75. The molecule has 1 saturated heterocycles. The Morgan fingerprint density at radius 3 is 2.61 bits per heavy atom. The topological polar surface area (TPSA) is 66.9 Å². The highest BCUT2D eigenvalue weighted by atomic mass is 35.5. The monoisotopic (exact) mass is 476 g/mol. The number of piperidine rings is 1. The Balaban J connectivity index is 1.37.